The standard InChI is InChI=1S/C11H14O4/c1-11(2,3)15-10(14)9-7(12)5-4-6-8(9)13/h4-6,12-13H,1-3H3. The molecule has 0 aliphatic rings. The smallest absolute Gasteiger partial charge is 0.346 e. The number of carbonyl (C=O) groups excluding carboxylic acids is 1. The molecule has 1 rings (SSSR count). The summed E-state index contributed by atoms with van der Waals surface area (Å²) in [5.74, 6) is -1.31. The molecule has 2 N–H and O–H groups in total. The third-order valence-corrected chi connectivity index (χ3v) is 1.62. The quantitative estimate of drug-likeness (QED) is 0.696. The Labute approximate surface area is 88.1 Å². The molecule has 0 unspecified atom stereocenters. The van der Waals surface area contributed by atoms with Crippen LogP contribution in [0.4, 0.5) is 0 Å². The Hall–Kier alpha value is -1.71. The molecular weight excluding hydrogens is 196 g/mol. The molecule has 0 spiro atoms. The van der Waals surface area contributed by atoms with Crippen molar-refractivity contribution in [1.29, 1.82) is 0 Å². The first-order chi connectivity index (χ1) is 6.81. The van der Waals surface area contributed by atoms with E-state index in [1.54, 1.807) is 20.8 Å². The molecule has 0 bridgehead atoms. The fourth-order valence-electron chi connectivity index (χ4n) is 1.07. The van der Waals surface area contributed by atoms with Gasteiger partial charge in [-0.1, -0.05) is 6.07 Å². The highest BCUT2D eigenvalue weighted by atomic mass is 16.6. The van der Waals surface area contributed by atoms with E-state index in [1.165, 1.54) is 18.2 Å². The SMILES string of the molecule is CC(C)(C)OC(=O)c1c(O)cccc1O. The van der Waals surface area contributed by atoms with Gasteiger partial charge in [0.05, 0.1) is 0 Å². The van der Waals surface area contributed by atoms with E-state index in [4.69, 9.17) is 4.74 Å². The van der Waals surface area contributed by atoms with E-state index in [2.05, 4.69) is 0 Å². The number of phenolic OH excluding ortho intramolecular Hbond substituents is 2. The van der Waals surface area contributed by atoms with Crippen molar-refractivity contribution in [3.05, 3.63) is 23.8 Å². The van der Waals surface area contributed by atoms with E-state index < -0.39 is 11.6 Å². The molecule has 0 saturated carbocycles. The van der Waals surface area contributed by atoms with Crippen molar-refractivity contribution in [3.63, 3.8) is 0 Å². The van der Waals surface area contributed by atoms with Crippen LogP contribution < -0.4 is 0 Å². The molecule has 1 aromatic carbocycles. The van der Waals surface area contributed by atoms with Gasteiger partial charge in [0.15, 0.2) is 0 Å². The summed E-state index contributed by atoms with van der Waals surface area (Å²) in [6.45, 7) is 5.13. The summed E-state index contributed by atoms with van der Waals surface area (Å²) in [7, 11) is 0. The molecule has 0 saturated heterocycles. The first-order valence-corrected chi connectivity index (χ1v) is 4.55. The van der Waals surface area contributed by atoms with Gasteiger partial charge >= 0.3 is 5.97 Å². The van der Waals surface area contributed by atoms with E-state index in [0.717, 1.165) is 0 Å². The van der Waals surface area contributed by atoms with Gasteiger partial charge in [-0.25, -0.2) is 4.79 Å². The van der Waals surface area contributed by atoms with Crippen LogP contribution in [0.25, 0.3) is 0 Å². The van der Waals surface area contributed by atoms with Crippen LogP contribution in [0, 0.1) is 0 Å². The Morgan fingerprint density at radius 3 is 2.07 bits per heavy atom. The minimum atomic E-state index is -0.738. The van der Waals surface area contributed by atoms with Crippen molar-refractivity contribution < 1.29 is 19.7 Å². The molecule has 0 aliphatic carbocycles. The Morgan fingerprint density at radius 1 is 1.20 bits per heavy atom. The summed E-state index contributed by atoms with van der Waals surface area (Å²) in [6, 6.07) is 4.08. The van der Waals surface area contributed by atoms with Crippen LogP contribution >= 0.6 is 0 Å². The highest BCUT2D eigenvalue weighted by Gasteiger charge is 2.23. The molecular formula is C11H14O4. The van der Waals surface area contributed by atoms with Crippen LogP contribution in [0.3, 0.4) is 0 Å². The van der Waals surface area contributed by atoms with E-state index in [-0.39, 0.29) is 17.1 Å². The summed E-state index contributed by atoms with van der Waals surface area (Å²) in [6.07, 6.45) is 0. The third-order valence-electron chi connectivity index (χ3n) is 1.62. The number of ether oxygens (including phenoxy) is 1. The number of aromatic hydroxyl groups is 2. The van der Waals surface area contributed by atoms with Gasteiger partial charge in [-0.05, 0) is 32.9 Å². The highest BCUT2D eigenvalue weighted by Crippen LogP contribution is 2.28. The van der Waals surface area contributed by atoms with Crippen LogP contribution in [-0.4, -0.2) is 21.8 Å². The molecule has 0 heterocycles. The molecule has 0 atom stereocenters. The second-order valence-corrected chi connectivity index (χ2v) is 4.17. The van der Waals surface area contributed by atoms with Gasteiger partial charge in [-0.15, -0.1) is 0 Å². The summed E-state index contributed by atoms with van der Waals surface area (Å²) in [5, 5.41) is 18.8. The average Bonchev–Trinajstić information content (AvgIpc) is 1.99. The first kappa shape index (κ1) is 11.4. The van der Waals surface area contributed by atoms with Crippen molar-refractivity contribution in [1.82, 2.24) is 0 Å². The van der Waals surface area contributed by atoms with Crippen molar-refractivity contribution in [2.75, 3.05) is 0 Å². The van der Waals surface area contributed by atoms with Crippen molar-refractivity contribution >= 4 is 5.97 Å². The molecule has 0 aliphatic heterocycles. The number of hydrogen-bond acceptors (Lipinski definition) is 4. The van der Waals surface area contributed by atoms with E-state index in [9.17, 15) is 15.0 Å². The lowest BCUT2D eigenvalue weighted by Gasteiger charge is -2.20. The minimum absolute atomic E-state index is 0.201. The van der Waals surface area contributed by atoms with Gasteiger partial charge in [0.25, 0.3) is 0 Å². The van der Waals surface area contributed by atoms with Gasteiger partial charge < -0.3 is 14.9 Å². The molecule has 4 nitrogen and oxygen atoms in total. The van der Waals surface area contributed by atoms with Gasteiger partial charge in [-0.2, -0.15) is 0 Å². The molecule has 0 aromatic heterocycles. The number of rotatable bonds is 1. The largest absolute Gasteiger partial charge is 0.507 e. The van der Waals surface area contributed by atoms with Crippen LogP contribution in [-0.2, 0) is 4.74 Å². The van der Waals surface area contributed by atoms with Gasteiger partial charge in [0, 0.05) is 0 Å². The molecule has 0 amide bonds. The summed E-state index contributed by atoms with van der Waals surface area (Å²) >= 11 is 0. The van der Waals surface area contributed by atoms with Crippen LogP contribution in [0.1, 0.15) is 31.1 Å². The van der Waals surface area contributed by atoms with E-state index in [1.807, 2.05) is 0 Å². The Bertz CT molecular complexity index is 356. The lowest BCUT2D eigenvalue weighted by molar-refractivity contribution is 0.00640. The molecule has 82 valence electrons. The maximum absolute atomic E-state index is 11.6. The third kappa shape index (κ3) is 2.87. The monoisotopic (exact) mass is 210 g/mol. The maximum Gasteiger partial charge on any atom is 0.346 e. The highest BCUT2D eigenvalue weighted by molar-refractivity contribution is 5.95. The Morgan fingerprint density at radius 2 is 1.67 bits per heavy atom. The topological polar surface area (TPSA) is 66.8 Å². The van der Waals surface area contributed by atoms with Crippen LogP contribution in [0.2, 0.25) is 0 Å². The first-order valence-electron chi connectivity index (χ1n) is 4.55. The van der Waals surface area contributed by atoms with Gasteiger partial charge in [0.2, 0.25) is 0 Å². The fraction of sp³-hybridized carbons (Fsp3) is 0.364. The minimum Gasteiger partial charge on any atom is -0.507 e. The second kappa shape index (κ2) is 3.81. The number of hydrogen-bond donors (Lipinski definition) is 2. The van der Waals surface area contributed by atoms with Gasteiger partial charge in [0.1, 0.15) is 22.7 Å². The normalized spacial score (nSPS) is 11.1. The summed E-state index contributed by atoms with van der Waals surface area (Å²) in [4.78, 5) is 11.6. The van der Waals surface area contributed by atoms with Crippen LogP contribution in [0.5, 0.6) is 11.5 Å². The van der Waals surface area contributed by atoms with E-state index in [0.29, 0.717) is 0 Å². The zero-order chi connectivity index (χ0) is 11.6. The van der Waals surface area contributed by atoms with Crippen LogP contribution in [0.15, 0.2) is 18.2 Å². The fourth-order valence-corrected chi connectivity index (χ4v) is 1.07. The molecule has 15 heavy (non-hydrogen) atoms. The van der Waals surface area contributed by atoms with Crippen molar-refractivity contribution in [3.8, 4) is 11.5 Å². The number of carbonyl (C=O) groups is 1. The molecule has 0 radical (unpaired) electrons. The van der Waals surface area contributed by atoms with Gasteiger partial charge in [-0.3, -0.25) is 0 Å². The van der Waals surface area contributed by atoms with Crippen molar-refractivity contribution in [2.45, 2.75) is 26.4 Å². The number of benzene rings is 1. The Balaban J connectivity index is 3.02. The predicted octanol–water partition coefficient (Wildman–Crippen LogP) is 2.05. The lowest BCUT2D eigenvalue weighted by Crippen LogP contribution is -2.24. The molecule has 0 fully saturated rings. The predicted molar refractivity (Wildman–Crippen MR) is 54.9 cm³/mol. The maximum atomic E-state index is 11.6. The van der Waals surface area contributed by atoms with Crippen molar-refractivity contribution in [2.24, 2.45) is 0 Å². The zero-order valence-electron chi connectivity index (χ0n) is 8.94. The summed E-state index contributed by atoms with van der Waals surface area (Å²) in [5.41, 5.74) is -0.862. The zero-order valence-corrected chi connectivity index (χ0v) is 8.94. The molecule has 4 heteroatoms. The summed E-state index contributed by atoms with van der Waals surface area (Å²) < 4.78 is 5.03. The number of esters is 1. The second-order valence-electron chi connectivity index (χ2n) is 4.17. The number of phenols is 2. The average molecular weight is 210 g/mol. The van der Waals surface area contributed by atoms with E-state index >= 15 is 0 Å². The molecule has 1 aromatic rings. The lowest BCUT2D eigenvalue weighted by atomic mass is 10.1. The Kier molecular flexibility index (Phi) is 2.88.